The van der Waals surface area contributed by atoms with Crippen molar-refractivity contribution in [3.8, 4) is 5.75 Å². The van der Waals surface area contributed by atoms with Gasteiger partial charge in [-0.15, -0.1) is 0 Å². The van der Waals surface area contributed by atoms with Crippen LogP contribution >= 0.6 is 27.5 Å². The molecule has 76 valence electrons. The zero-order chi connectivity index (χ0) is 10.1. The molecule has 0 atom stereocenters. The molecule has 0 bridgehead atoms. The molecule has 1 aromatic rings. The molecule has 0 N–H and O–H groups in total. The highest BCUT2D eigenvalue weighted by Gasteiger charge is 2.23. The summed E-state index contributed by atoms with van der Waals surface area (Å²) in [6, 6.07) is 3.88. The van der Waals surface area contributed by atoms with Gasteiger partial charge in [-0.05, 0) is 58.8 Å². The molecule has 2 rings (SSSR count). The summed E-state index contributed by atoms with van der Waals surface area (Å²) in [5.74, 6) is 1.77. The van der Waals surface area contributed by atoms with Gasteiger partial charge in [-0.2, -0.15) is 0 Å². The van der Waals surface area contributed by atoms with E-state index in [1.165, 1.54) is 18.4 Å². The van der Waals surface area contributed by atoms with E-state index in [0.29, 0.717) is 0 Å². The number of methoxy groups -OCH3 is 1. The minimum Gasteiger partial charge on any atom is -0.495 e. The third-order valence-electron chi connectivity index (χ3n) is 2.49. The number of hydrogen-bond donors (Lipinski definition) is 0. The van der Waals surface area contributed by atoms with Crippen LogP contribution in [0.25, 0.3) is 0 Å². The Bertz CT molecular complexity index is 347. The summed E-state index contributed by atoms with van der Waals surface area (Å²) < 4.78 is 6.30. The van der Waals surface area contributed by atoms with Crippen LogP contribution in [0.5, 0.6) is 5.75 Å². The van der Waals surface area contributed by atoms with Gasteiger partial charge in [0, 0.05) is 5.02 Å². The summed E-state index contributed by atoms with van der Waals surface area (Å²) in [5.41, 5.74) is 1.22. The Morgan fingerprint density at radius 1 is 1.50 bits per heavy atom. The Hall–Kier alpha value is -0.210. The van der Waals surface area contributed by atoms with Crippen LogP contribution in [-0.4, -0.2) is 7.11 Å². The summed E-state index contributed by atoms with van der Waals surface area (Å²) in [7, 11) is 1.70. The number of benzene rings is 1. The molecule has 0 spiro atoms. The van der Waals surface area contributed by atoms with Crippen molar-refractivity contribution in [3.05, 3.63) is 27.2 Å². The molecule has 0 saturated heterocycles. The molecule has 1 aliphatic rings. The largest absolute Gasteiger partial charge is 0.495 e. The average Bonchev–Trinajstić information content (AvgIpc) is 2.87. The molecule has 0 amide bonds. The van der Waals surface area contributed by atoms with Gasteiger partial charge in [-0.1, -0.05) is 11.6 Å². The number of ether oxygens (including phenoxy) is 1. The lowest BCUT2D eigenvalue weighted by atomic mass is 10.1. The maximum Gasteiger partial charge on any atom is 0.136 e. The topological polar surface area (TPSA) is 9.23 Å². The van der Waals surface area contributed by atoms with Crippen LogP contribution in [0.2, 0.25) is 5.02 Å². The van der Waals surface area contributed by atoms with Crippen molar-refractivity contribution in [2.24, 2.45) is 5.92 Å². The van der Waals surface area contributed by atoms with Crippen molar-refractivity contribution in [1.29, 1.82) is 0 Å². The lowest BCUT2D eigenvalue weighted by Crippen LogP contribution is -1.94. The molecule has 0 radical (unpaired) electrons. The monoisotopic (exact) mass is 274 g/mol. The number of halogens is 2. The van der Waals surface area contributed by atoms with E-state index in [0.717, 1.165) is 27.6 Å². The van der Waals surface area contributed by atoms with Crippen LogP contribution in [0.3, 0.4) is 0 Å². The van der Waals surface area contributed by atoms with E-state index in [1.807, 2.05) is 12.1 Å². The van der Waals surface area contributed by atoms with E-state index in [1.54, 1.807) is 7.11 Å². The summed E-state index contributed by atoms with van der Waals surface area (Å²) >= 11 is 9.46. The van der Waals surface area contributed by atoms with E-state index in [9.17, 15) is 0 Å². The highest BCUT2D eigenvalue weighted by Crippen LogP contribution is 2.39. The smallest absolute Gasteiger partial charge is 0.136 e. The van der Waals surface area contributed by atoms with Gasteiger partial charge >= 0.3 is 0 Å². The Balaban J connectivity index is 2.33. The van der Waals surface area contributed by atoms with Gasteiger partial charge in [0.15, 0.2) is 0 Å². The van der Waals surface area contributed by atoms with Gasteiger partial charge in [-0.25, -0.2) is 0 Å². The normalized spacial score (nSPS) is 15.6. The van der Waals surface area contributed by atoms with Gasteiger partial charge in [-0.3, -0.25) is 0 Å². The van der Waals surface area contributed by atoms with Crippen molar-refractivity contribution in [2.45, 2.75) is 19.3 Å². The lowest BCUT2D eigenvalue weighted by molar-refractivity contribution is 0.406. The molecule has 1 aromatic carbocycles. The van der Waals surface area contributed by atoms with E-state index >= 15 is 0 Å². The molecular formula is C11H12BrClO. The van der Waals surface area contributed by atoms with Crippen molar-refractivity contribution in [3.63, 3.8) is 0 Å². The molecule has 0 aromatic heterocycles. The first-order valence-corrected chi connectivity index (χ1v) is 5.89. The first-order valence-electron chi connectivity index (χ1n) is 4.72. The van der Waals surface area contributed by atoms with E-state index in [-0.39, 0.29) is 0 Å². The molecule has 0 heterocycles. The predicted octanol–water partition coefficient (Wildman–Crippen LogP) is 4.06. The third kappa shape index (κ3) is 2.23. The quantitative estimate of drug-likeness (QED) is 0.808. The summed E-state index contributed by atoms with van der Waals surface area (Å²) in [6.45, 7) is 0. The van der Waals surface area contributed by atoms with Crippen molar-refractivity contribution in [2.75, 3.05) is 7.11 Å². The average molecular weight is 276 g/mol. The molecule has 14 heavy (non-hydrogen) atoms. The van der Waals surface area contributed by atoms with Crippen LogP contribution in [-0.2, 0) is 6.42 Å². The summed E-state index contributed by atoms with van der Waals surface area (Å²) in [6.07, 6.45) is 3.77. The second-order valence-corrected chi connectivity index (χ2v) is 5.02. The number of hydrogen-bond acceptors (Lipinski definition) is 1. The van der Waals surface area contributed by atoms with Gasteiger partial charge < -0.3 is 4.74 Å². The summed E-state index contributed by atoms with van der Waals surface area (Å²) in [5, 5.41) is 0.772. The van der Waals surface area contributed by atoms with Crippen LogP contribution in [0, 0.1) is 5.92 Å². The molecule has 1 saturated carbocycles. The van der Waals surface area contributed by atoms with Crippen molar-refractivity contribution in [1.82, 2.24) is 0 Å². The zero-order valence-electron chi connectivity index (χ0n) is 8.02. The molecule has 1 nitrogen and oxygen atoms in total. The molecule has 1 fully saturated rings. The van der Waals surface area contributed by atoms with Crippen LogP contribution in [0.15, 0.2) is 16.6 Å². The fraction of sp³-hybridized carbons (Fsp3) is 0.455. The lowest BCUT2D eigenvalue weighted by Gasteiger charge is -2.10. The predicted molar refractivity (Wildman–Crippen MR) is 62.1 cm³/mol. The molecular weight excluding hydrogens is 263 g/mol. The van der Waals surface area contributed by atoms with Gasteiger partial charge in [0.2, 0.25) is 0 Å². The second kappa shape index (κ2) is 4.11. The van der Waals surface area contributed by atoms with E-state index in [2.05, 4.69) is 15.9 Å². The van der Waals surface area contributed by atoms with Crippen molar-refractivity contribution < 1.29 is 4.74 Å². The Labute approximate surface area is 97.5 Å². The Kier molecular flexibility index (Phi) is 3.03. The first kappa shape index (κ1) is 10.3. The Morgan fingerprint density at radius 2 is 2.21 bits per heavy atom. The molecule has 1 aliphatic carbocycles. The molecule has 0 aliphatic heterocycles. The first-order chi connectivity index (χ1) is 6.70. The van der Waals surface area contributed by atoms with Gasteiger partial charge in [0.25, 0.3) is 0 Å². The van der Waals surface area contributed by atoms with Crippen molar-refractivity contribution >= 4 is 27.5 Å². The Morgan fingerprint density at radius 3 is 2.79 bits per heavy atom. The van der Waals surface area contributed by atoms with Gasteiger partial charge in [0.05, 0.1) is 11.6 Å². The summed E-state index contributed by atoms with van der Waals surface area (Å²) in [4.78, 5) is 0. The second-order valence-electron chi connectivity index (χ2n) is 3.73. The van der Waals surface area contributed by atoms with Gasteiger partial charge in [0.1, 0.15) is 5.75 Å². The molecule has 3 heteroatoms. The van der Waals surface area contributed by atoms with E-state index in [4.69, 9.17) is 16.3 Å². The minimum atomic E-state index is 0.772. The fourth-order valence-corrected chi connectivity index (χ4v) is 2.66. The van der Waals surface area contributed by atoms with Crippen LogP contribution in [0.4, 0.5) is 0 Å². The molecule has 0 unspecified atom stereocenters. The van der Waals surface area contributed by atoms with E-state index < -0.39 is 0 Å². The van der Waals surface area contributed by atoms with Crippen LogP contribution < -0.4 is 4.74 Å². The number of rotatable bonds is 3. The fourth-order valence-electron chi connectivity index (χ4n) is 1.63. The maximum atomic E-state index is 6.00. The van der Waals surface area contributed by atoms with Crippen LogP contribution in [0.1, 0.15) is 18.4 Å². The third-order valence-corrected chi connectivity index (χ3v) is 3.30. The highest BCUT2D eigenvalue weighted by molar-refractivity contribution is 9.10. The zero-order valence-corrected chi connectivity index (χ0v) is 10.4. The maximum absolute atomic E-state index is 6.00. The standard InChI is InChI=1S/C11H12BrClO/c1-14-11-8(4-7-2-3-7)5-9(13)6-10(11)12/h5-7H,2-4H2,1H3. The SMILES string of the molecule is COc1c(Br)cc(Cl)cc1CC1CC1. The minimum absolute atomic E-state index is 0.772. The highest BCUT2D eigenvalue weighted by atomic mass is 79.9.